The van der Waals surface area contributed by atoms with Gasteiger partial charge >= 0.3 is 0 Å². The topological polar surface area (TPSA) is 210 Å². The minimum atomic E-state index is 0. The maximum absolute atomic E-state index is 2.23. The van der Waals surface area contributed by atoms with Gasteiger partial charge in [-0.05, 0) is 11.0 Å². The number of halogens is 2. The molecule has 0 atom stereocenters. The van der Waals surface area contributed by atoms with E-state index in [0.29, 0.717) is 0 Å². The van der Waals surface area contributed by atoms with Crippen LogP contribution in [0.15, 0.2) is 0 Å². The van der Waals surface area contributed by atoms with Gasteiger partial charge in [-0.2, -0.15) is 108 Å². The summed E-state index contributed by atoms with van der Waals surface area (Å²) in [6.45, 7) is 8.93. The van der Waals surface area contributed by atoms with E-state index in [9.17, 15) is 0 Å². The third kappa shape index (κ3) is 337. The highest BCUT2D eigenvalue weighted by atomic mass is 32.1. The normalized spacial score (nSPS) is 3.72. The molecule has 29 heavy (non-hydrogen) atoms. The second-order valence-corrected chi connectivity index (χ2v) is 3.41. The molecule has 212 valence electrons. The molecule has 0 aromatic heterocycles. The Hall–Kier alpha value is 2.64. The highest BCUT2D eigenvalue weighted by Gasteiger charge is 1.75. The van der Waals surface area contributed by atoms with Crippen LogP contribution in [0.2, 0.25) is 0 Å². The molecule has 0 aliphatic rings. The van der Waals surface area contributed by atoms with Gasteiger partial charge in [0.2, 0.25) is 0 Å². The molecule has 0 spiro atoms. The molecule has 0 amide bonds. The van der Waals surface area contributed by atoms with Crippen LogP contribution in [0.1, 0.15) is 79.1 Å². The molecule has 0 saturated carbocycles. The van der Waals surface area contributed by atoms with Gasteiger partial charge in [0.25, 0.3) is 0 Å². The summed E-state index contributed by atoms with van der Waals surface area (Å²) in [6, 6.07) is 0. The molecular weight excluding hydrogens is 551 g/mol. The van der Waals surface area contributed by atoms with E-state index >= 15 is 0 Å². The quantitative estimate of drug-likeness (QED) is 0.157. The van der Waals surface area contributed by atoms with Crippen LogP contribution in [0.5, 0.6) is 0 Å². The molecule has 6 nitrogen and oxygen atoms in total. The summed E-state index contributed by atoms with van der Waals surface area (Å²) in [5.74, 6) is 0. The Morgan fingerprint density at radius 1 is 0.310 bits per heavy atom. The Bertz CT molecular complexity index is 88.4. The molecule has 18 N–H and O–H groups in total. The molecule has 0 bridgehead atoms. The number of hydrogen-bond acceptors (Lipinski definition) is 6. The maximum atomic E-state index is 2.23. The molecule has 17 heteroatoms. The minimum Gasteiger partial charge on any atom is -0.344 e. The average molecular weight is 619 g/mol. The van der Waals surface area contributed by atoms with E-state index in [1.54, 1.807) is 0 Å². The molecule has 0 fully saturated rings. The van der Waals surface area contributed by atoms with Crippen molar-refractivity contribution >= 4 is 119 Å². The Labute approximate surface area is 242 Å². The standard InChI is InChI=1S/2C6H14.2FH.6H3N.8H2S.H4Si/c2*1-3-5-6-4-2;;;;;;;;;;;;;;;;;/h2*3-6H2,1-2H3;2*1H;6*1H3;8*1H2;1H4. The molecule has 0 saturated heterocycles. The van der Waals surface area contributed by atoms with Crippen molar-refractivity contribution in [1.82, 2.24) is 36.9 Å². The fourth-order valence-corrected chi connectivity index (χ4v) is 1.000. The largest absolute Gasteiger partial charge is 0.344 e. The zero-order chi connectivity index (χ0) is 9.66. The monoisotopic (exact) mass is 618 g/mol. The summed E-state index contributed by atoms with van der Waals surface area (Å²) in [6.07, 6.45) is 11.1. The van der Waals surface area contributed by atoms with Gasteiger partial charge in [-0.1, -0.05) is 79.1 Å². The molecule has 0 aromatic rings. The molecule has 0 aliphatic carbocycles. The molecular formula is C12H68F2N6S8Si. The van der Waals surface area contributed by atoms with E-state index in [1.807, 2.05) is 0 Å². The Morgan fingerprint density at radius 2 is 0.379 bits per heavy atom. The first-order valence-corrected chi connectivity index (χ1v) is 5.83. The molecule has 0 aromatic carbocycles. The predicted molar refractivity (Wildman–Crippen MR) is 189 cm³/mol. The van der Waals surface area contributed by atoms with E-state index in [2.05, 4.69) is 27.7 Å². The first-order chi connectivity index (χ1) is 5.83. The lowest BCUT2D eigenvalue weighted by atomic mass is 10.2. The van der Waals surface area contributed by atoms with Gasteiger partial charge in [0, 0.05) is 0 Å². The van der Waals surface area contributed by atoms with Crippen LogP contribution in [0.4, 0.5) is 9.41 Å². The third-order valence-corrected chi connectivity index (χ3v) is 1.91. The number of hydrogen-bond donors (Lipinski definition) is 6. The van der Waals surface area contributed by atoms with Crippen molar-refractivity contribution in [3.8, 4) is 0 Å². The second kappa shape index (κ2) is 238. The fourth-order valence-electron chi connectivity index (χ4n) is 1.000. The van der Waals surface area contributed by atoms with Crippen LogP contribution in [0, 0.1) is 0 Å². The zero-order valence-corrected chi connectivity index (χ0v) is 26.7. The third-order valence-electron chi connectivity index (χ3n) is 1.91. The van der Waals surface area contributed by atoms with Gasteiger partial charge in [-0.3, -0.25) is 9.41 Å². The molecule has 0 heterocycles. The highest BCUT2D eigenvalue weighted by Crippen LogP contribution is 1.95. The van der Waals surface area contributed by atoms with Crippen molar-refractivity contribution in [2.24, 2.45) is 0 Å². The summed E-state index contributed by atoms with van der Waals surface area (Å²) in [4.78, 5) is 0. The lowest BCUT2D eigenvalue weighted by Crippen LogP contribution is -1.66. The maximum Gasteiger partial charge on any atom is -0.0149 e. The summed E-state index contributed by atoms with van der Waals surface area (Å²) in [5, 5.41) is 0. The first-order valence-electron chi connectivity index (χ1n) is 5.83. The Kier molecular flexibility index (Phi) is 1530. The van der Waals surface area contributed by atoms with Crippen LogP contribution in [-0.4, -0.2) is 11.0 Å². The van der Waals surface area contributed by atoms with Crippen molar-refractivity contribution in [3.05, 3.63) is 0 Å². The second-order valence-electron chi connectivity index (χ2n) is 3.41. The van der Waals surface area contributed by atoms with Gasteiger partial charge in [0.15, 0.2) is 0 Å². The summed E-state index contributed by atoms with van der Waals surface area (Å²) in [7, 11) is 0. The Balaban J connectivity index is -0.00000000256. The van der Waals surface area contributed by atoms with Crippen LogP contribution in [-0.2, 0) is 0 Å². The predicted octanol–water partition coefficient (Wildman–Crippen LogP) is 5.90. The van der Waals surface area contributed by atoms with Gasteiger partial charge in [0.05, 0.1) is 0 Å². The van der Waals surface area contributed by atoms with Crippen LogP contribution >= 0.6 is 108 Å². The van der Waals surface area contributed by atoms with Crippen molar-refractivity contribution in [1.29, 1.82) is 0 Å². The van der Waals surface area contributed by atoms with Crippen molar-refractivity contribution in [2.75, 3.05) is 0 Å². The van der Waals surface area contributed by atoms with E-state index in [0.717, 1.165) is 0 Å². The van der Waals surface area contributed by atoms with E-state index < -0.39 is 0 Å². The fraction of sp³-hybridized carbons (Fsp3) is 1.00. The van der Waals surface area contributed by atoms with Crippen molar-refractivity contribution < 1.29 is 9.41 Å². The zero-order valence-electron chi connectivity index (χ0n) is 18.7. The summed E-state index contributed by atoms with van der Waals surface area (Å²) < 4.78 is 0. The van der Waals surface area contributed by atoms with Gasteiger partial charge in [-0.15, -0.1) is 0 Å². The number of unbranched alkanes of at least 4 members (excludes halogenated alkanes) is 6. The van der Waals surface area contributed by atoms with Crippen LogP contribution < -0.4 is 36.9 Å². The van der Waals surface area contributed by atoms with E-state index in [-0.39, 0.29) is 165 Å². The molecule has 0 aliphatic heterocycles. The molecule has 0 rings (SSSR count). The van der Waals surface area contributed by atoms with Crippen LogP contribution in [0.25, 0.3) is 0 Å². The molecule has 0 radical (unpaired) electrons. The minimum absolute atomic E-state index is 0. The smallest absolute Gasteiger partial charge is 0.0149 e. The van der Waals surface area contributed by atoms with Crippen molar-refractivity contribution in [3.63, 3.8) is 0 Å². The molecule has 0 unspecified atom stereocenters. The van der Waals surface area contributed by atoms with E-state index in [4.69, 9.17) is 0 Å². The Morgan fingerprint density at radius 3 is 0.414 bits per heavy atom. The van der Waals surface area contributed by atoms with Crippen LogP contribution in [0.3, 0.4) is 0 Å². The van der Waals surface area contributed by atoms with Gasteiger partial charge < -0.3 is 36.9 Å². The number of rotatable bonds is 6. The first kappa shape index (κ1) is 186. The van der Waals surface area contributed by atoms with Gasteiger partial charge in [0.1, 0.15) is 0 Å². The average Bonchev–Trinajstić information content (AvgIpc) is 2.12. The summed E-state index contributed by atoms with van der Waals surface area (Å²) >= 11 is 0. The lowest BCUT2D eigenvalue weighted by molar-refractivity contribution is 0.702. The van der Waals surface area contributed by atoms with Gasteiger partial charge in [-0.25, -0.2) is 0 Å². The lowest BCUT2D eigenvalue weighted by Gasteiger charge is -1.86. The highest BCUT2D eigenvalue weighted by molar-refractivity contribution is 7.60. The summed E-state index contributed by atoms with van der Waals surface area (Å²) in [5.41, 5.74) is 0. The SMILES string of the molecule is CCCCCC.CCCCCC.F.F.N.N.N.N.N.N.S.S.S.S.S.S.S.S.[SiH4]. The van der Waals surface area contributed by atoms with E-state index in [1.165, 1.54) is 51.4 Å². The van der Waals surface area contributed by atoms with Crippen molar-refractivity contribution in [2.45, 2.75) is 79.1 Å².